The fourth-order valence-electron chi connectivity index (χ4n) is 3.70. The molecule has 2 aliphatic rings. The van der Waals surface area contributed by atoms with E-state index in [1.165, 1.54) is 6.07 Å². The van der Waals surface area contributed by atoms with Crippen molar-refractivity contribution in [2.75, 3.05) is 13.2 Å². The minimum absolute atomic E-state index is 0.0459. The fourth-order valence-corrected chi connectivity index (χ4v) is 3.70. The molecule has 1 aromatic heterocycles. The Labute approximate surface area is 167 Å². The van der Waals surface area contributed by atoms with Gasteiger partial charge in [-0.3, -0.25) is 4.79 Å². The van der Waals surface area contributed by atoms with Crippen LogP contribution in [-0.4, -0.2) is 39.6 Å². The lowest BCUT2D eigenvalue weighted by molar-refractivity contribution is -0.137. The second-order valence-corrected chi connectivity index (χ2v) is 7.80. The number of carbonyl (C=O) groups excluding carboxylic acids is 1. The van der Waals surface area contributed by atoms with E-state index >= 15 is 0 Å². The number of carbonyl (C=O) groups is 1. The predicted molar refractivity (Wildman–Crippen MR) is 99.9 cm³/mol. The van der Waals surface area contributed by atoms with Gasteiger partial charge in [0.1, 0.15) is 5.82 Å². The molecule has 0 radical (unpaired) electrons. The van der Waals surface area contributed by atoms with Gasteiger partial charge >= 0.3 is 6.18 Å². The first-order valence-electron chi connectivity index (χ1n) is 9.96. The molecule has 1 saturated carbocycles. The van der Waals surface area contributed by atoms with Crippen LogP contribution in [0.15, 0.2) is 36.7 Å². The monoisotopic (exact) mass is 407 g/mol. The first kappa shape index (κ1) is 19.9. The zero-order valence-electron chi connectivity index (χ0n) is 16.1. The number of benzene rings is 1. The summed E-state index contributed by atoms with van der Waals surface area (Å²) in [5, 5.41) is 0. The Kier molecular flexibility index (Phi) is 5.63. The van der Waals surface area contributed by atoms with Gasteiger partial charge in [-0.1, -0.05) is 12.1 Å². The number of alkyl halides is 3. The van der Waals surface area contributed by atoms with Crippen molar-refractivity contribution in [3.8, 4) is 0 Å². The van der Waals surface area contributed by atoms with E-state index in [1.807, 2.05) is 0 Å². The van der Waals surface area contributed by atoms with Crippen LogP contribution in [0.4, 0.5) is 13.2 Å². The van der Waals surface area contributed by atoms with Crippen LogP contribution in [0.5, 0.6) is 0 Å². The van der Waals surface area contributed by atoms with Gasteiger partial charge in [0.25, 0.3) is 0 Å². The minimum Gasteiger partial charge on any atom is -0.376 e. The molecule has 4 rings (SSSR count). The van der Waals surface area contributed by atoms with Gasteiger partial charge in [0, 0.05) is 38.0 Å². The zero-order chi connectivity index (χ0) is 20.4. The number of hydrogen-bond donors (Lipinski definition) is 0. The smallest absolute Gasteiger partial charge is 0.376 e. The molecule has 2 aromatic rings. The van der Waals surface area contributed by atoms with Crippen LogP contribution in [0.25, 0.3) is 0 Å². The molecule has 1 aliphatic heterocycles. The van der Waals surface area contributed by atoms with Crippen LogP contribution >= 0.6 is 0 Å². The quantitative estimate of drug-likeness (QED) is 0.700. The fraction of sp³-hybridized carbons (Fsp3) is 0.524. The standard InChI is InChI=1S/C21H24F3N3O2/c22-21(23,24)17-4-1-3-15(11-17)12-26-9-8-25-19(26)14-27(20(28)16-6-7-16)13-18-5-2-10-29-18/h1,3-4,8-9,11,16,18H,2,5-7,10,12-14H2/t18-/m1/s1. The third kappa shape index (κ3) is 4.98. The third-order valence-corrected chi connectivity index (χ3v) is 5.43. The third-order valence-electron chi connectivity index (χ3n) is 5.43. The summed E-state index contributed by atoms with van der Waals surface area (Å²) in [5.41, 5.74) is -0.126. The number of imidazole rings is 1. The summed E-state index contributed by atoms with van der Waals surface area (Å²) >= 11 is 0. The van der Waals surface area contributed by atoms with Crippen LogP contribution in [0.3, 0.4) is 0 Å². The summed E-state index contributed by atoms with van der Waals surface area (Å²) in [4.78, 5) is 18.9. The second-order valence-electron chi connectivity index (χ2n) is 7.80. The van der Waals surface area contributed by atoms with Crippen LogP contribution in [0.2, 0.25) is 0 Å². The van der Waals surface area contributed by atoms with Crippen molar-refractivity contribution in [2.24, 2.45) is 5.92 Å². The van der Waals surface area contributed by atoms with Crippen molar-refractivity contribution >= 4 is 5.91 Å². The highest BCUT2D eigenvalue weighted by Gasteiger charge is 2.35. The molecule has 0 unspecified atom stereocenters. The topological polar surface area (TPSA) is 47.4 Å². The summed E-state index contributed by atoms with van der Waals surface area (Å²) in [6, 6.07) is 5.30. The molecule has 1 aliphatic carbocycles. The Morgan fingerprint density at radius 3 is 2.79 bits per heavy atom. The summed E-state index contributed by atoms with van der Waals surface area (Å²) in [6.07, 6.45) is 2.80. The Balaban J connectivity index is 1.49. The lowest BCUT2D eigenvalue weighted by Gasteiger charge is -2.25. The molecule has 8 heteroatoms. The average Bonchev–Trinajstić information content (AvgIpc) is 3.24. The van der Waals surface area contributed by atoms with Crippen molar-refractivity contribution < 1.29 is 22.7 Å². The van der Waals surface area contributed by atoms with Crippen LogP contribution in [0, 0.1) is 5.92 Å². The largest absolute Gasteiger partial charge is 0.416 e. The summed E-state index contributed by atoms with van der Waals surface area (Å²) in [7, 11) is 0. The van der Waals surface area contributed by atoms with Gasteiger partial charge in [0.15, 0.2) is 0 Å². The highest BCUT2D eigenvalue weighted by atomic mass is 19.4. The molecule has 0 bridgehead atoms. The number of hydrogen-bond acceptors (Lipinski definition) is 3. The lowest BCUT2D eigenvalue weighted by Crippen LogP contribution is -2.38. The number of rotatable bonds is 7. The maximum atomic E-state index is 13.0. The molecule has 5 nitrogen and oxygen atoms in total. The molecular formula is C21H24F3N3O2. The first-order chi connectivity index (χ1) is 13.9. The normalized spacial score (nSPS) is 19.5. The number of aromatic nitrogens is 2. The molecule has 1 saturated heterocycles. The van der Waals surface area contributed by atoms with E-state index in [1.54, 1.807) is 27.9 Å². The maximum Gasteiger partial charge on any atom is 0.416 e. The molecule has 1 aromatic carbocycles. The van der Waals surface area contributed by atoms with Crippen LogP contribution < -0.4 is 0 Å². The van der Waals surface area contributed by atoms with E-state index in [4.69, 9.17) is 4.74 Å². The van der Waals surface area contributed by atoms with E-state index in [-0.39, 0.29) is 24.5 Å². The zero-order valence-corrected chi connectivity index (χ0v) is 16.1. The Bertz CT molecular complexity index is 855. The lowest BCUT2D eigenvalue weighted by atomic mass is 10.1. The second kappa shape index (κ2) is 8.18. The Morgan fingerprint density at radius 1 is 1.28 bits per heavy atom. The average molecular weight is 407 g/mol. The first-order valence-corrected chi connectivity index (χ1v) is 9.96. The minimum atomic E-state index is -4.37. The summed E-state index contributed by atoms with van der Waals surface area (Å²) in [6.45, 7) is 1.86. The molecule has 29 heavy (non-hydrogen) atoms. The Morgan fingerprint density at radius 2 is 2.10 bits per heavy atom. The highest BCUT2D eigenvalue weighted by molar-refractivity contribution is 5.81. The van der Waals surface area contributed by atoms with Gasteiger partial charge in [-0.05, 0) is 43.4 Å². The van der Waals surface area contributed by atoms with Gasteiger partial charge in [-0.25, -0.2) is 4.98 Å². The molecule has 2 fully saturated rings. The van der Waals surface area contributed by atoms with Crippen molar-refractivity contribution in [3.63, 3.8) is 0 Å². The number of nitrogens with zero attached hydrogens (tertiary/aromatic N) is 3. The summed E-state index contributed by atoms with van der Waals surface area (Å²) in [5.74, 6) is 0.867. The van der Waals surface area contributed by atoms with E-state index in [9.17, 15) is 18.0 Å². The molecule has 0 spiro atoms. The highest BCUT2D eigenvalue weighted by Crippen LogP contribution is 2.32. The van der Waals surface area contributed by atoms with E-state index < -0.39 is 11.7 Å². The predicted octanol–water partition coefficient (Wildman–Crippen LogP) is 3.87. The molecule has 156 valence electrons. The van der Waals surface area contributed by atoms with Crippen molar-refractivity contribution in [3.05, 3.63) is 53.6 Å². The Hall–Kier alpha value is -2.35. The van der Waals surface area contributed by atoms with Gasteiger partial charge in [0.05, 0.1) is 18.2 Å². The molecular weight excluding hydrogens is 383 g/mol. The van der Waals surface area contributed by atoms with Gasteiger partial charge in [-0.15, -0.1) is 0 Å². The van der Waals surface area contributed by atoms with Crippen LogP contribution in [-0.2, 0) is 28.8 Å². The number of halogens is 3. The molecule has 0 N–H and O–H groups in total. The van der Waals surface area contributed by atoms with Gasteiger partial charge in [0.2, 0.25) is 5.91 Å². The van der Waals surface area contributed by atoms with Gasteiger partial charge < -0.3 is 14.2 Å². The SMILES string of the molecule is O=C(C1CC1)N(Cc1nccn1Cc1cccc(C(F)(F)F)c1)C[C@H]1CCCO1. The van der Waals surface area contributed by atoms with E-state index in [0.29, 0.717) is 24.5 Å². The molecule has 2 heterocycles. The van der Waals surface area contributed by atoms with E-state index in [2.05, 4.69) is 4.98 Å². The molecule has 1 amide bonds. The van der Waals surface area contributed by atoms with E-state index in [0.717, 1.165) is 44.4 Å². The van der Waals surface area contributed by atoms with Crippen LogP contribution in [0.1, 0.15) is 42.6 Å². The van der Waals surface area contributed by atoms with Gasteiger partial charge in [-0.2, -0.15) is 13.2 Å². The summed E-state index contributed by atoms with van der Waals surface area (Å²) < 4.78 is 46.5. The maximum absolute atomic E-state index is 13.0. The number of amides is 1. The number of ether oxygens (including phenoxy) is 1. The molecule has 1 atom stereocenters. The van der Waals surface area contributed by atoms with Crippen molar-refractivity contribution in [1.29, 1.82) is 0 Å². The van der Waals surface area contributed by atoms with Crippen molar-refractivity contribution in [2.45, 2.75) is 51.1 Å². The van der Waals surface area contributed by atoms with Crippen molar-refractivity contribution in [1.82, 2.24) is 14.5 Å².